The van der Waals surface area contributed by atoms with Crippen LogP contribution in [0.15, 0.2) is 88.6 Å². The molecule has 174 valence electrons. The molecule has 1 aromatic heterocycles. The van der Waals surface area contributed by atoms with E-state index < -0.39 is 21.5 Å². The fraction of sp³-hybridized carbons (Fsp3) is 0.0833. The Balaban J connectivity index is 1.57. The van der Waals surface area contributed by atoms with Gasteiger partial charge in [0.1, 0.15) is 5.69 Å². The highest BCUT2D eigenvalue weighted by Crippen LogP contribution is 2.20. The molecule has 0 unspecified atom stereocenters. The van der Waals surface area contributed by atoms with Crippen LogP contribution in [0.4, 0.5) is 11.4 Å². The molecule has 0 atom stereocenters. The van der Waals surface area contributed by atoms with Crippen molar-refractivity contribution in [2.75, 3.05) is 10.0 Å². The van der Waals surface area contributed by atoms with E-state index in [1.54, 1.807) is 67.2 Å². The number of sulfonamides is 1. The first kappa shape index (κ1) is 23.3. The number of hydrogen-bond acceptors (Lipinski definition) is 4. The highest BCUT2D eigenvalue weighted by atomic mass is 35.5. The third kappa shape index (κ3) is 4.61. The summed E-state index contributed by atoms with van der Waals surface area (Å²) < 4.78 is 31.3. The maximum absolute atomic E-state index is 13.0. The molecule has 0 aliphatic heterocycles. The molecule has 0 saturated carbocycles. The Bertz CT molecular complexity index is 1510. The predicted octanol–water partition coefficient (Wildman–Crippen LogP) is 4.19. The van der Waals surface area contributed by atoms with Crippen molar-refractivity contribution in [1.82, 2.24) is 9.36 Å². The predicted molar refractivity (Wildman–Crippen MR) is 132 cm³/mol. The summed E-state index contributed by atoms with van der Waals surface area (Å²) in [5.41, 5.74) is 1.36. The monoisotopic (exact) mass is 496 g/mol. The average molecular weight is 497 g/mol. The first-order valence-corrected chi connectivity index (χ1v) is 12.1. The second-order valence-electron chi connectivity index (χ2n) is 7.53. The van der Waals surface area contributed by atoms with Crippen molar-refractivity contribution < 1.29 is 13.2 Å². The zero-order valence-corrected chi connectivity index (χ0v) is 19.9. The van der Waals surface area contributed by atoms with E-state index in [1.807, 2.05) is 6.07 Å². The van der Waals surface area contributed by atoms with Crippen molar-refractivity contribution in [1.29, 1.82) is 0 Å². The molecule has 0 fully saturated rings. The van der Waals surface area contributed by atoms with Crippen LogP contribution in [-0.4, -0.2) is 23.7 Å². The van der Waals surface area contributed by atoms with Crippen LogP contribution in [0.1, 0.15) is 16.1 Å². The number of para-hydroxylation sites is 1. The minimum Gasteiger partial charge on any atom is -0.322 e. The number of rotatable bonds is 6. The first-order valence-electron chi connectivity index (χ1n) is 10.2. The minimum absolute atomic E-state index is 0.0455. The molecule has 0 spiro atoms. The molecule has 3 aromatic carbocycles. The fourth-order valence-electron chi connectivity index (χ4n) is 3.40. The summed E-state index contributed by atoms with van der Waals surface area (Å²) >= 11 is 5.85. The SMILES string of the molecule is Cc1c(NS(=O)(=O)c2ccc(C(=O)Nc3ccc(Cl)cc3)cc2)c(=O)n(-c2ccccc2)n1C. The number of nitrogens with one attached hydrogen (secondary N) is 2. The summed E-state index contributed by atoms with van der Waals surface area (Å²) in [7, 11) is -2.40. The van der Waals surface area contributed by atoms with E-state index in [1.165, 1.54) is 28.9 Å². The van der Waals surface area contributed by atoms with Crippen LogP contribution in [0.25, 0.3) is 5.69 Å². The van der Waals surface area contributed by atoms with Gasteiger partial charge in [0.15, 0.2) is 0 Å². The van der Waals surface area contributed by atoms with Gasteiger partial charge in [-0.1, -0.05) is 29.8 Å². The van der Waals surface area contributed by atoms with E-state index in [0.29, 0.717) is 22.1 Å². The second-order valence-corrected chi connectivity index (χ2v) is 9.65. The van der Waals surface area contributed by atoms with Gasteiger partial charge >= 0.3 is 0 Å². The smallest absolute Gasteiger partial charge is 0.296 e. The second kappa shape index (κ2) is 9.20. The highest BCUT2D eigenvalue weighted by molar-refractivity contribution is 7.92. The van der Waals surface area contributed by atoms with E-state index in [0.717, 1.165) is 0 Å². The summed E-state index contributed by atoms with van der Waals surface area (Å²) in [6, 6.07) is 21.0. The molecule has 1 amide bonds. The summed E-state index contributed by atoms with van der Waals surface area (Å²) in [4.78, 5) is 25.4. The molecule has 0 saturated heterocycles. The summed E-state index contributed by atoms with van der Waals surface area (Å²) in [5, 5.41) is 3.26. The highest BCUT2D eigenvalue weighted by Gasteiger charge is 2.22. The summed E-state index contributed by atoms with van der Waals surface area (Å²) in [5.74, 6) is -0.399. The lowest BCUT2D eigenvalue weighted by atomic mass is 10.2. The number of hydrogen-bond donors (Lipinski definition) is 2. The van der Waals surface area contributed by atoms with Gasteiger partial charge in [-0.2, -0.15) is 0 Å². The van der Waals surface area contributed by atoms with Gasteiger partial charge in [0, 0.05) is 23.3 Å². The molecule has 4 aromatic rings. The molecule has 4 rings (SSSR count). The van der Waals surface area contributed by atoms with Crippen LogP contribution in [0, 0.1) is 6.92 Å². The van der Waals surface area contributed by atoms with Crippen LogP contribution >= 0.6 is 11.6 Å². The maximum Gasteiger partial charge on any atom is 0.296 e. The molecule has 0 radical (unpaired) electrons. The normalized spacial score (nSPS) is 11.3. The number of benzene rings is 3. The largest absolute Gasteiger partial charge is 0.322 e. The van der Waals surface area contributed by atoms with Crippen LogP contribution in [-0.2, 0) is 17.1 Å². The Morgan fingerprint density at radius 2 is 1.53 bits per heavy atom. The number of nitrogens with zero attached hydrogens (tertiary/aromatic N) is 2. The molecule has 34 heavy (non-hydrogen) atoms. The Morgan fingerprint density at radius 3 is 2.15 bits per heavy atom. The Morgan fingerprint density at radius 1 is 0.912 bits per heavy atom. The zero-order chi connectivity index (χ0) is 24.5. The molecule has 8 nitrogen and oxygen atoms in total. The van der Waals surface area contributed by atoms with E-state index >= 15 is 0 Å². The number of carbonyl (C=O) groups is 1. The molecule has 0 aliphatic carbocycles. The van der Waals surface area contributed by atoms with Crippen molar-refractivity contribution >= 4 is 38.9 Å². The topological polar surface area (TPSA) is 102 Å². The minimum atomic E-state index is -4.07. The number of carbonyl (C=O) groups excluding carboxylic acids is 1. The van der Waals surface area contributed by atoms with E-state index in [2.05, 4.69) is 10.0 Å². The van der Waals surface area contributed by atoms with Gasteiger partial charge < -0.3 is 5.32 Å². The van der Waals surface area contributed by atoms with Crippen LogP contribution in [0.5, 0.6) is 0 Å². The van der Waals surface area contributed by atoms with Gasteiger partial charge in [-0.25, -0.2) is 13.1 Å². The van der Waals surface area contributed by atoms with Gasteiger partial charge in [0.25, 0.3) is 21.5 Å². The van der Waals surface area contributed by atoms with Crippen molar-refractivity contribution in [3.8, 4) is 5.69 Å². The quantitative estimate of drug-likeness (QED) is 0.418. The molecule has 1 heterocycles. The Labute approximate surface area is 201 Å². The zero-order valence-electron chi connectivity index (χ0n) is 18.3. The van der Waals surface area contributed by atoms with Crippen molar-refractivity contribution in [3.05, 3.63) is 105 Å². The molecule has 0 bridgehead atoms. The van der Waals surface area contributed by atoms with E-state index in [4.69, 9.17) is 11.6 Å². The van der Waals surface area contributed by atoms with E-state index in [9.17, 15) is 18.0 Å². The van der Waals surface area contributed by atoms with Crippen molar-refractivity contribution in [2.24, 2.45) is 7.05 Å². The number of aromatic nitrogens is 2. The lowest BCUT2D eigenvalue weighted by molar-refractivity contribution is 0.102. The third-order valence-corrected chi connectivity index (χ3v) is 6.94. The lowest BCUT2D eigenvalue weighted by Gasteiger charge is -2.09. The summed E-state index contributed by atoms with van der Waals surface area (Å²) in [6.07, 6.45) is 0. The summed E-state index contributed by atoms with van der Waals surface area (Å²) in [6.45, 7) is 1.66. The van der Waals surface area contributed by atoms with Crippen LogP contribution in [0.2, 0.25) is 5.02 Å². The Hall–Kier alpha value is -3.82. The van der Waals surface area contributed by atoms with Gasteiger partial charge in [-0.05, 0) is 67.6 Å². The van der Waals surface area contributed by atoms with Gasteiger partial charge in [-0.3, -0.25) is 19.0 Å². The first-order chi connectivity index (χ1) is 16.2. The number of amides is 1. The molecular weight excluding hydrogens is 476 g/mol. The maximum atomic E-state index is 13.0. The lowest BCUT2D eigenvalue weighted by Crippen LogP contribution is -2.23. The van der Waals surface area contributed by atoms with Crippen molar-refractivity contribution in [3.63, 3.8) is 0 Å². The molecule has 10 heteroatoms. The van der Waals surface area contributed by atoms with E-state index in [-0.39, 0.29) is 16.1 Å². The van der Waals surface area contributed by atoms with Gasteiger partial charge in [0.05, 0.1) is 16.3 Å². The molecular formula is C24H21ClN4O4S. The number of anilines is 2. The van der Waals surface area contributed by atoms with Gasteiger partial charge in [0.2, 0.25) is 0 Å². The molecule has 0 aliphatic rings. The third-order valence-electron chi connectivity index (χ3n) is 5.32. The number of halogens is 1. The standard InChI is InChI=1S/C24H21ClN4O4S/c1-16-22(24(31)29(28(16)2)20-6-4-3-5-7-20)27-34(32,33)21-14-8-17(9-15-21)23(30)26-19-12-10-18(25)11-13-19/h3-15,27H,1-2H3,(H,26,30). The van der Waals surface area contributed by atoms with Gasteiger partial charge in [-0.15, -0.1) is 0 Å². The average Bonchev–Trinajstić information content (AvgIpc) is 3.04. The van der Waals surface area contributed by atoms with Crippen LogP contribution in [0.3, 0.4) is 0 Å². The Kier molecular flexibility index (Phi) is 6.32. The fourth-order valence-corrected chi connectivity index (χ4v) is 4.64. The molecule has 2 N–H and O–H groups in total. The van der Waals surface area contributed by atoms with Crippen LogP contribution < -0.4 is 15.6 Å². The van der Waals surface area contributed by atoms with Crippen molar-refractivity contribution in [2.45, 2.75) is 11.8 Å².